The van der Waals surface area contributed by atoms with Crippen LogP contribution in [0.25, 0.3) is 0 Å². The molecule has 0 aromatic heterocycles. The molecule has 0 spiro atoms. The minimum absolute atomic E-state index is 0.0378. The first-order chi connectivity index (χ1) is 6.77. The van der Waals surface area contributed by atoms with Crippen molar-refractivity contribution in [2.75, 3.05) is 7.05 Å². The molecule has 0 bridgehead atoms. The van der Waals surface area contributed by atoms with Gasteiger partial charge in [0.2, 0.25) is 5.91 Å². The fourth-order valence-electron chi connectivity index (χ4n) is 1.60. The number of carbonyl (C=O) groups excluding carboxylic acids is 2. The Kier molecular flexibility index (Phi) is 5.55. The van der Waals surface area contributed by atoms with E-state index in [0.717, 1.165) is 6.42 Å². The van der Waals surface area contributed by atoms with Crippen LogP contribution >= 0.6 is 0 Å². The molecule has 3 nitrogen and oxygen atoms in total. The molecular formula is C12H23NO2. The van der Waals surface area contributed by atoms with Crippen LogP contribution in [-0.4, -0.2) is 29.7 Å². The normalized spacial score (nSPS) is 13.1. The van der Waals surface area contributed by atoms with Gasteiger partial charge in [-0.2, -0.15) is 0 Å². The summed E-state index contributed by atoms with van der Waals surface area (Å²) in [6.07, 6.45) is 0.740. The average molecular weight is 213 g/mol. The highest BCUT2D eigenvalue weighted by atomic mass is 16.2. The predicted octanol–water partition coefficient (Wildman–Crippen LogP) is 2.10. The zero-order valence-corrected chi connectivity index (χ0v) is 10.7. The van der Waals surface area contributed by atoms with E-state index in [1.165, 1.54) is 0 Å². The molecule has 0 unspecified atom stereocenters. The van der Waals surface area contributed by atoms with Crippen LogP contribution in [0.1, 0.15) is 41.0 Å². The van der Waals surface area contributed by atoms with Crippen molar-refractivity contribution < 1.29 is 9.59 Å². The fourth-order valence-corrected chi connectivity index (χ4v) is 1.60. The molecule has 3 heteroatoms. The summed E-state index contributed by atoms with van der Waals surface area (Å²) in [5.74, 6) is 0.473. The lowest BCUT2D eigenvalue weighted by Crippen LogP contribution is -2.44. The van der Waals surface area contributed by atoms with Crippen LogP contribution in [0.4, 0.5) is 0 Å². The fraction of sp³-hybridized carbons (Fsp3) is 0.833. The van der Waals surface area contributed by atoms with Gasteiger partial charge in [-0.05, 0) is 19.3 Å². The Morgan fingerprint density at radius 1 is 1.13 bits per heavy atom. The maximum absolute atomic E-state index is 11.7. The maximum Gasteiger partial charge on any atom is 0.225 e. The van der Waals surface area contributed by atoms with E-state index in [4.69, 9.17) is 0 Å². The van der Waals surface area contributed by atoms with E-state index in [0.29, 0.717) is 5.92 Å². The van der Waals surface area contributed by atoms with E-state index in [9.17, 15) is 9.59 Å². The van der Waals surface area contributed by atoms with E-state index in [1.54, 1.807) is 18.9 Å². The molecule has 15 heavy (non-hydrogen) atoms. The van der Waals surface area contributed by atoms with Crippen LogP contribution in [0.2, 0.25) is 0 Å². The topological polar surface area (TPSA) is 37.4 Å². The lowest BCUT2D eigenvalue weighted by Gasteiger charge is -2.28. The first-order valence-electron chi connectivity index (χ1n) is 5.54. The van der Waals surface area contributed by atoms with E-state index in [-0.39, 0.29) is 23.7 Å². The first kappa shape index (κ1) is 14.1. The number of ketones is 1. The number of nitrogens with zero attached hydrogens (tertiary/aromatic N) is 1. The summed E-state index contributed by atoms with van der Waals surface area (Å²) in [6, 6.07) is -0.264. The van der Waals surface area contributed by atoms with Crippen molar-refractivity contribution in [1.82, 2.24) is 4.90 Å². The van der Waals surface area contributed by atoms with Crippen molar-refractivity contribution in [2.24, 2.45) is 11.8 Å². The third-order valence-electron chi connectivity index (χ3n) is 2.47. The Morgan fingerprint density at radius 2 is 1.60 bits per heavy atom. The Bertz CT molecular complexity index is 234. The third kappa shape index (κ3) is 4.45. The average Bonchev–Trinajstić information content (AvgIpc) is 2.10. The predicted molar refractivity (Wildman–Crippen MR) is 61.5 cm³/mol. The van der Waals surface area contributed by atoms with Crippen molar-refractivity contribution in [2.45, 2.75) is 47.1 Å². The van der Waals surface area contributed by atoms with E-state index in [1.807, 2.05) is 13.8 Å². The molecule has 0 rings (SSSR count). The smallest absolute Gasteiger partial charge is 0.225 e. The quantitative estimate of drug-likeness (QED) is 0.701. The molecule has 0 N–H and O–H groups in total. The lowest BCUT2D eigenvalue weighted by atomic mass is 9.99. The summed E-state index contributed by atoms with van der Waals surface area (Å²) in [4.78, 5) is 24.8. The van der Waals surface area contributed by atoms with Crippen LogP contribution in [0, 0.1) is 11.8 Å². The summed E-state index contributed by atoms with van der Waals surface area (Å²) in [5, 5.41) is 0. The van der Waals surface area contributed by atoms with Gasteiger partial charge in [0.05, 0.1) is 6.04 Å². The number of amides is 1. The molecule has 0 aromatic rings. The minimum Gasteiger partial charge on any atom is -0.336 e. The molecule has 0 aliphatic rings. The largest absolute Gasteiger partial charge is 0.336 e. The molecule has 0 aliphatic carbocycles. The van der Waals surface area contributed by atoms with Gasteiger partial charge in [0, 0.05) is 13.0 Å². The van der Waals surface area contributed by atoms with Gasteiger partial charge in [0.1, 0.15) is 0 Å². The Morgan fingerprint density at radius 3 is 1.87 bits per heavy atom. The van der Waals surface area contributed by atoms with Crippen molar-refractivity contribution >= 4 is 11.7 Å². The summed E-state index contributed by atoms with van der Waals surface area (Å²) >= 11 is 0. The molecule has 0 fully saturated rings. The summed E-state index contributed by atoms with van der Waals surface area (Å²) < 4.78 is 0. The van der Waals surface area contributed by atoms with Gasteiger partial charge in [-0.1, -0.05) is 27.7 Å². The molecule has 0 radical (unpaired) electrons. The number of carbonyl (C=O) groups is 2. The van der Waals surface area contributed by atoms with Crippen LogP contribution in [-0.2, 0) is 9.59 Å². The number of hydrogen-bond donors (Lipinski definition) is 0. The van der Waals surface area contributed by atoms with Gasteiger partial charge < -0.3 is 4.90 Å². The SMILES string of the molecule is CC(=O)[C@@H](CC(C)C)N(C)C(=O)C(C)C. The number of hydrogen-bond acceptors (Lipinski definition) is 2. The Labute approximate surface area is 92.8 Å². The zero-order chi connectivity index (χ0) is 12.2. The van der Waals surface area contributed by atoms with Crippen LogP contribution in [0.5, 0.6) is 0 Å². The number of Topliss-reactive ketones (excluding diaryl/α,β-unsaturated/α-hetero) is 1. The molecule has 88 valence electrons. The van der Waals surface area contributed by atoms with Crippen molar-refractivity contribution in [3.05, 3.63) is 0 Å². The Balaban J connectivity index is 4.62. The molecule has 1 amide bonds. The molecule has 0 aromatic carbocycles. The summed E-state index contributed by atoms with van der Waals surface area (Å²) in [6.45, 7) is 9.38. The summed E-state index contributed by atoms with van der Waals surface area (Å²) in [5.41, 5.74) is 0. The summed E-state index contributed by atoms with van der Waals surface area (Å²) in [7, 11) is 1.72. The second-order valence-electron chi connectivity index (χ2n) is 4.86. The van der Waals surface area contributed by atoms with Gasteiger partial charge in [-0.3, -0.25) is 9.59 Å². The van der Waals surface area contributed by atoms with Crippen LogP contribution in [0.15, 0.2) is 0 Å². The van der Waals surface area contributed by atoms with Crippen molar-refractivity contribution in [3.63, 3.8) is 0 Å². The molecular weight excluding hydrogens is 190 g/mol. The van der Waals surface area contributed by atoms with Crippen molar-refractivity contribution in [1.29, 1.82) is 0 Å². The maximum atomic E-state index is 11.7. The van der Waals surface area contributed by atoms with Gasteiger partial charge >= 0.3 is 0 Å². The van der Waals surface area contributed by atoms with Gasteiger partial charge in [0.15, 0.2) is 5.78 Å². The molecule has 0 saturated carbocycles. The van der Waals surface area contributed by atoms with Crippen LogP contribution in [0.3, 0.4) is 0 Å². The molecule has 0 heterocycles. The standard InChI is InChI=1S/C12H23NO2/c1-8(2)7-11(10(5)14)13(6)12(15)9(3)4/h8-9,11H,7H2,1-6H3/t11-/m1/s1. The van der Waals surface area contributed by atoms with E-state index >= 15 is 0 Å². The first-order valence-corrected chi connectivity index (χ1v) is 5.54. The highest BCUT2D eigenvalue weighted by molar-refractivity contribution is 5.87. The highest BCUT2D eigenvalue weighted by Crippen LogP contribution is 2.13. The zero-order valence-electron chi connectivity index (χ0n) is 10.7. The van der Waals surface area contributed by atoms with Gasteiger partial charge in [-0.25, -0.2) is 0 Å². The van der Waals surface area contributed by atoms with E-state index < -0.39 is 0 Å². The van der Waals surface area contributed by atoms with Crippen LogP contribution < -0.4 is 0 Å². The minimum atomic E-state index is -0.264. The van der Waals surface area contributed by atoms with Gasteiger partial charge in [-0.15, -0.1) is 0 Å². The second-order valence-corrected chi connectivity index (χ2v) is 4.86. The second kappa shape index (κ2) is 5.89. The number of likely N-dealkylation sites (N-methyl/N-ethyl adjacent to an activating group) is 1. The van der Waals surface area contributed by atoms with E-state index in [2.05, 4.69) is 13.8 Å². The Hall–Kier alpha value is -0.860. The molecule has 1 atom stereocenters. The van der Waals surface area contributed by atoms with Gasteiger partial charge in [0.25, 0.3) is 0 Å². The monoisotopic (exact) mass is 213 g/mol. The van der Waals surface area contributed by atoms with Crippen molar-refractivity contribution in [3.8, 4) is 0 Å². The highest BCUT2D eigenvalue weighted by Gasteiger charge is 2.25. The lowest BCUT2D eigenvalue weighted by molar-refractivity contribution is -0.140. The molecule has 0 aliphatic heterocycles. The number of rotatable bonds is 5. The third-order valence-corrected chi connectivity index (χ3v) is 2.47. The molecule has 0 saturated heterocycles.